The number of carbonyl (C=O) groups is 1. The lowest BCUT2D eigenvalue weighted by atomic mass is 10.2. The number of nitrogens with zero attached hydrogens (tertiary/aromatic N) is 2. The molecule has 1 heterocycles. The second-order valence-electron chi connectivity index (χ2n) is 5.07. The van der Waals surface area contributed by atoms with Crippen LogP contribution in [0.3, 0.4) is 0 Å². The van der Waals surface area contributed by atoms with E-state index in [1.54, 1.807) is 31.4 Å². The van der Waals surface area contributed by atoms with E-state index in [0.29, 0.717) is 28.8 Å². The third kappa shape index (κ3) is 4.71. The van der Waals surface area contributed by atoms with Crippen molar-refractivity contribution in [2.24, 2.45) is 0 Å². The normalized spacial score (nSPS) is 11.6. The largest absolute Gasteiger partial charge is 0.393 e. The molecule has 24 heavy (non-hydrogen) atoms. The quantitative estimate of drug-likeness (QED) is 0.564. The van der Waals surface area contributed by atoms with Gasteiger partial charge < -0.3 is 15.8 Å². The van der Waals surface area contributed by atoms with Gasteiger partial charge >= 0.3 is 0 Å². The highest BCUT2D eigenvalue weighted by atomic mass is 35.5. The SMILES string of the molecule is COCC(C)Nc1ncnc(NNC(=O)c2ccc(Cl)cc2)c1N. The average molecular weight is 351 g/mol. The van der Waals surface area contributed by atoms with Crippen molar-refractivity contribution >= 4 is 34.8 Å². The minimum absolute atomic E-state index is 0.0173. The summed E-state index contributed by atoms with van der Waals surface area (Å²) in [5.41, 5.74) is 12.0. The molecule has 0 aliphatic rings. The lowest BCUT2D eigenvalue weighted by Gasteiger charge is -2.16. The molecule has 8 nitrogen and oxygen atoms in total. The van der Waals surface area contributed by atoms with Crippen LogP contribution in [0.4, 0.5) is 17.3 Å². The second-order valence-corrected chi connectivity index (χ2v) is 5.51. The summed E-state index contributed by atoms with van der Waals surface area (Å²) < 4.78 is 5.05. The second kappa shape index (κ2) is 8.32. The van der Waals surface area contributed by atoms with Crippen LogP contribution < -0.4 is 21.9 Å². The summed E-state index contributed by atoms with van der Waals surface area (Å²) in [6.45, 7) is 2.43. The Morgan fingerprint density at radius 2 is 1.96 bits per heavy atom. The molecule has 0 fully saturated rings. The molecule has 0 aliphatic heterocycles. The molecule has 0 bridgehead atoms. The molecule has 2 aromatic rings. The number of benzene rings is 1. The Balaban J connectivity index is 2.02. The zero-order valence-corrected chi connectivity index (χ0v) is 14.1. The highest BCUT2D eigenvalue weighted by Crippen LogP contribution is 2.22. The third-order valence-corrected chi connectivity index (χ3v) is 3.34. The van der Waals surface area contributed by atoms with Crippen molar-refractivity contribution in [3.05, 3.63) is 41.2 Å². The summed E-state index contributed by atoms with van der Waals surface area (Å²) in [4.78, 5) is 20.2. The van der Waals surface area contributed by atoms with Gasteiger partial charge in [-0.2, -0.15) is 0 Å². The Hall–Kier alpha value is -2.58. The Kier molecular flexibility index (Phi) is 6.16. The maximum absolute atomic E-state index is 12.1. The van der Waals surface area contributed by atoms with Crippen LogP contribution in [0.25, 0.3) is 0 Å². The summed E-state index contributed by atoms with van der Waals surface area (Å²) in [6, 6.07) is 6.51. The van der Waals surface area contributed by atoms with Crippen molar-refractivity contribution in [2.75, 3.05) is 30.2 Å². The number of nitrogen functional groups attached to an aromatic ring is 1. The van der Waals surface area contributed by atoms with Crippen LogP contribution in [0, 0.1) is 0 Å². The van der Waals surface area contributed by atoms with Crippen LogP contribution in [0.1, 0.15) is 17.3 Å². The molecule has 0 spiro atoms. The fourth-order valence-corrected chi connectivity index (χ4v) is 2.05. The fourth-order valence-electron chi connectivity index (χ4n) is 1.92. The molecule has 128 valence electrons. The van der Waals surface area contributed by atoms with Crippen LogP contribution in [0.2, 0.25) is 5.02 Å². The van der Waals surface area contributed by atoms with Crippen LogP contribution in [-0.4, -0.2) is 35.6 Å². The number of carbonyl (C=O) groups excluding carboxylic acids is 1. The lowest BCUT2D eigenvalue weighted by Crippen LogP contribution is -2.30. The summed E-state index contributed by atoms with van der Waals surface area (Å²) >= 11 is 5.79. The van der Waals surface area contributed by atoms with Gasteiger partial charge in [-0.25, -0.2) is 9.97 Å². The van der Waals surface area contributed by atoms with E-state index >= 15 is 0 Å². The van der Waals surface area contributed by atoms with Crippen LogP contribution in [0.5, 0.6) is 0 Å². The Morgan fingerprint density at radius 3 is 2.62 bits per heavy atom. The molecule has 2 rings (SSSR count). The first-order valence-electron chi connectivity index (χ1n) is 7.19. The number of methoxy groups -OCH3 is 1. The maximum atomic E-state index is 12.1. The van der Waals surface area contributed by atoms with E-state index in [9.17, 15) is 4.79 Å². The van der Waals surface area contributed by atoms with Crippen molar-refractivity contribution in [3.8, 4) is 0 Å². The number of hydrogen-bond acceptors (Lipinski definition) is 7. The number of hydrogen-bond donors (Lipinski definition) is 4. The van der Waals surface area contributed by atoms with Gasteiger partial charge in [0.2, 0.25) is 0 Å². The van der Waals surface area contributed by atoms with Gasteiger partial charge in [0.25, 0.3) is 5.91 Å². The number of halogens is 1. The zero-order valence-electron chi connectivity index (χ0n) is 13.3. The molecule has 1 unspecified atom stereocenters. The van der Waals surface area contributed by atoms with Crippen molar-refractivity contribution in [1.29, 1.82) is 0 Å². The minimum Gasteiger partial charge on any atom is -0.393 e. The Bertz CT molecular complexity index is 695. The van der Waals surface area contributed by atoms with E-state index in [-0.39, 0.29) is 17.6 Å². The number of hydrazine groups is 1. The number of anilines is 3. The summed E-state index contributed by atoms with van der Waals surface area (Å²) in [6.07, 6.45) is 1.34. The van der Waals surface area contributed by atoms with Gasteiger partial charge in [0.15, 0.2) is 11.6 Å². The number of rotatable bonds is 7. The van der Waals surface area contributed by atoms with Crippen molar-refractivity contribution in [2.45, 2.75) is 13.0 Å². The van der Waals surface area contributed by atoms with Crippen molar-refractivity contribution in [1.82, 2.24) is 15.4 Å². The molecule has 1 aromatic heterocycles. The van der Waals surface area contributed by atoms with Gasteiger partial charge in [0.05, 0.1) is 6.61 Å². The smallest absolute Gasteiger partial charge is 0.269 e. The average Bonchev–Trinajstić information content (AvgIpc) is 2.56. The number of amides is 1. The van der Waals surface area contributed by atoms with Gasteiger partial charge in [-0.1, -0.05) is 11.6 Å². The van der Waals surface area contributed by atoms with Gasteiger partial charge in [-0.3, -0.25) is 15.6 Å². The van der Waals surface area contributed by atoms with E-state index in [4.69, 9.17) is 22.1 Å². The van der Waals surface area contributed by atoms with E-state index in [0.717, 1.165) is 0 Å². The molecule has 9 heteroatoms. The molecule has 0 saturated carbocycles. The van der Waals surface area contributed by atoms with Gasteiger partial charge in [-0.15, -0.1) is 0 Å². The molecule has 1 aromatic carbocycles. The Morgan fingerprint density at radius 1 is 1.29 bits per heavy atom. The number of nitrogens with two attached hydrogens (primary N) is 1. The first-order valence-corrected chi connectivity index (χ1v) is 7.57. The first-order chi connectivity index (χ1) is 11.5. The minimum atomic E-state index is -0.341. The van der Waals surface area contributed by atoms with E-state index in [1.165, 1.54) is 6.33 Å². The predicted molar refractivity (Wildman–Crippen MR) is 93.9 cm³/mol. The van der Waals surface area contributed by atoms with Gasteiger partial charge in [0, 0.05) is 23.7 Å². The first kappa shape index (κ1) is 17.8. The molecule has 1 atom stereocenters. The van der Waals surface area contributed by atoms with E-state index in [2.05, 4.69) is 26.1 Å². The fraction of sp³-hybridized carbons (Fsp3) is 0.267. The van der Waals surface area contributed by atoms with Crippen LogP contribution in [0.15, 0.2) is 30.6 Å². The number of aromatic nitrogens is 2. The van der Waals surface area contributed by atoms with E-state index in [1.807, 2.05) is 6.92 Å². The molecule has 1 amide bonds. The summed E-state index contributed by atoms with van der Waals surface area (Å²) in [5, 5.41) is 3.66. The maximum Gasteiger partial charge on any atom is 0.269 e. The number of ether oxygens (including phenoxy) is 1. The summed E-state index contributed by atoms with van der Waals surface area (Å²) in [7, 11) is 1.61. The van der Waals surface area contributed by atoms with Crippen molar-refractivity contribution in [3.63, 3.8) is 0 Å². The van der Waals surface area contributed by atoms with Crippen LogP contribution in [-0.2, 0) is 4.74 Å². The highest BCUT2D eigenvalue weighted by Gasteiger charge is 2.12. The van der Waals surface area contributed by atoms with Gasteiger partial charge in [-0.05, 0) is 31.2 Å². The zero-order chi connectivity index (χ0) is 17.5. The van der Waals surface area contributed by atoms with Gasteiger partial charge in [0.1, 0.15) is 12.0 Å². The molecule has 5 N–H and O–H groups in total. The highest BCUT2D eigenvalue weighted by molar-refractivity contribution is 6.30. The molecular formula is C15H19ClN6O2. The monoisotopic (exact) mass is 350 g/mol. The van der Waals surface area contributed by atoms with Crippen LogP contribution >= 0.6 is 11.6 Å². The Labute approximate surface area is 144 Å². The molecular weight excluding hydrogens is 332 g/mol. The number of nitrogens with one attached hydrogen (secondary N) is 3. The standard InChI is InChI=1S/C15H19ClN6O2/c1-9(7-24-2)20-13-12(17)14(19-8-18-13)21-22-15(23)10-3-5-11(16)6-4-10/h3-6,8-9H,7,17H2,1-2H3,(H,22,23)(H2,18,19,20,21). The van der Waals surface area contributed by atoms with Crippen molar-refractivity contribution < 1.29 is 9.53 Å². The third-order valence-electron chi connectivity index (χ3n) is 3.08. The topological polar surface area (TPSA) is 114 Å². The molecule has 0 radical (unpaired) electrons. The molecule has 0 aliphatic carbocycles. The summed E-state index contributed by atoms with van der Waals surface area (Å²) in [5.74, 6) is 0.407. The van der Waals surface area contributed by atoms with E-state index < -0.39 is 0 Å². The lowest BCUT2D eigenvalue weighted by molar-refractivity contribution is 0.0962. The molecule has 0 saturated heterocycles. The predicted octanol–water partition coefficient (Wildman–Crippen LogP) is 1.92.